The third-order valence-electron chi connectivity index (χ3n) is 5.10. The third-order valence-corrected chi connectivity index (χ3v) is 5.10. The van der Waals surface area contributed by atoms with Gasteiger partial charge in [0.25, 0.3) is 11.5 Å². The molecule has 6 nitrogen and oxygen atoms in total. The Bertz CT molecular complexity index is 861. The van der Waals surface area contributed by atoms with Gasteiger partial charge in [0.05, 0.1) is 24.1 Å². The molecule has 1 unspecified atom stereocenters. The molecular formula is C18H19N3O3. The number of hydrogen-bond acceptors (Lipinski definition) is 4. The number of fused-ring (bicyclic) bond motifs is 2. The fourth-order valence-corrected chi connectivity index (χ4v) is 3.72. The molecule has 0 bridgehead atoms. The number of carbonyl (C=O) groups is 1. The van der Waals surface area contributed by atoms with E-state index in [0.717, 1.165) is 11.3 Å². The molecule has 2 heterocycles. The van der Waals surface area contributed by atoms with Crippen LogP contribution in [0.15, 0.2) is 35.4 Å². The first-order valence-corrected chi connectivity index (χ1v) is 8.21. The summed E-state index contributed by atoms with van der Waals surface area (Å²) < 4.78 is 0. The summed E-state index contributed by atoms with van der Waals surface area (Å²) in [7, 11) is 0. The van der Waals surface area contributed by atoms with E-state index >= 15 is 0 Å². The Balaban J connectivity index is 1.59. The fourth-order valence-electron chi connectivity index (χ4n) is 3.72. The average Bonchev–Trinajstić information content (AvgIpc) is 2.61. The van der Waals surface area contributed by atoms with Crippen molar-refractivity contribution in [1.82, 2.24) is 14.9 Å². The molecule has 1 aromatic carbocycles. The molecule has 1 atom stereocenters. The fraction of sp³-hybridized carbons (Fsp3) is 0.389. The van der Waals surface area contributed by atoms with Crippen LogP contribution in [0, 0.1) is 0 Å². The first-order valence-electron chi connectivity index (χ1n) is 8.21. The maximum Gasteiger partial charge on any atom is 0.255 e. The lowest BCUT2D eigenvalue weighted by Crippen LogP contribution is -2.53. The first-order chi connectivity index (χ1) is 11.6. The Hall–Kier alpha value is -2.47. The molecule has 1 amide bonds. The van der Waals surface area contributed by atoms with Crippen LogP contribution in [-0.4, -0.2) is 38.0 Å². The molecule has 2 aliphatic rings. The number of aryl methyl sites for hydroxylation is 1. The Morgan fingerprint density at radius 3 is 2.88 bits per heavy atom. The van der Waals surface area contributed by atoms with Crippen LogP contribution >= 0.6 is 0 Å². The van der Waals surface area contributed by atoms with E-state index in [1.807, 2.05) is 24.3 Å². The minimum absolute atomic E-state index is 0.210. The molecule has 1 aliphatic carbocycles. The molecule has 24 heavy (non-hydrogen) atoms. The predicted molar refractivity (Wildman–Crippen MR) is 87.4 cm³/mol. The largest absolute Gasteiger partial charge is 0.380 e. The Kier molecular flexibility index (Phi) is 3.49. The van der Waals surface area contributed by atoms with E-state index in [2.05, 4.69) is 9.97 Å². The second-order valence-corrected chi connectivity index (χ2v) is 6.61. The van der Waals surface area contributed by atoms with Crippen molar-refractivity contribution in [3.8, 4) is 0 Å². The molecule has 0 saturated carbocycles. The van der Waals surface area contributed by atoms with Gasteiger partial charge in [-0.1, -0.05) is 24.3 Å². The molecule has 6 heteroatoms. The number of benzene rings is 1. The average molecular weight is 325 g/mol. The topological polar surface area (TPSA) is 86.3 Å². The Morgan fingerprint density at radius 1 is 1.25 bits per heavy atom. The van der Waals surface area contributed by atoms with Gasteiger partial charge >= 0.3 is 0 Å². The molecule has 2 aromatic rings. The summed E-state index contributed by atoms with van der Waals surface area (Å²) in [6.07, 6.45) is 3.36. The Labute approximate surface area is 139 Å². The lowest BCUT2D eigenvalue weighted by atomic mass is 9.79. The third kappa shape index (κ3) is 2.43. The van der Waals surface area contributed by atoms with Crippen LogP contribution in [-0.2, 0) is 30.6 Å². The predicted octanol–water partition coefficient (Wildman–Crippen LogP) is 0.575. The zero-order chi connectivity index (χ0) is 16.7. The minimum atomic E-state index is -1.39. The molecule has 0 fully saturated rings. The van der Waals surface area contributed by atoms with Crippen molar-refractivity contribution in [2.45, 2.75) is 37.8 Å². The number of carbonyl (C=O) groups excluding carboxylic acids is 1. The van der Waals surface area contributed by atoms with Crippen molar-refractivity contribution in [3.63, 3.8) is 0 Å². The number of amides is 1. The summed E-state index contributed by atoms with van der Waals surface area (Å²) >= 11 is 0. The van der Waals surface area contributed by atoms with Crippen LogP contribution in [0.2, 0.25) is 0 Å². The van der Waals surface area contributed by atoms with E-state index in [1.165, 1.54) is 11.9 Å². The standard InChI is InChI=1S/C18H19N3O3/c22-16-14-10-21(8-6-15(14)19-11-20-16)17(23)18(24)7-5-12-3-1-2-4-13(12)9-18/h1-4,11,24H,5-10H2,(H,19,20,22). The van der Waals surface area contributed by atoms with Crippen LogP contribution in [0.3, 0.4) is 0 Å². The number of aromatic nitrogens is 2. The smallest absolute Gasteiger partial charge is 0.255 e. The molecule has 1 aliphatic heterocycles. The van der Waals surface area contributed by atoms with Crippen molar-refractivity contribution < 1.29 is 9.90 Å². The lowest BCUT2D eigenvalue weighted by molar-refractivity contribution is -0.153. The SMILES string of the molecule is O=C(N1CCc2nc[nH]c(=O)c2C1)C1(O)CCc2ccccc2C1. The van der Waals surface area contributed by atoms with E-state index in [9.17, 15) is 14.7 Å². The normalized spacial score (nSPS) is 22.6. The summed E-state index contributed by atoms with van der Waals surface area (Å²) in [5, 5.41) is 11.0. The number of H-pyrrole nitrogens is 1. The molecule has 0 spiro atoms. The molecule has 4 rings (SSSR count). The van der Waals surface area contributed by atoms with E-state index in [0.29, 0.717) is 37.8 Å². The molecular weight excluding hydrogens is 306 g/mol. The highest BCUT2D eigenvalue weighted by Crippen LogP contribution is 2.31. The zero-order valence-corrected chi connectivity index (χ0v) is 13.3. The highest BCUT2D eigenvalue weighted by molar-refractivity contribution is 5.86. The van der Waals surface area contributed by atoms with E-state index < -0.39 is 5.60 Å². The van der Waals surface area contributed by atoms with Crippen molar-refractivity contribution in [1.29, 1.82) is 0 Å². The summed E-state index contributed by atoms with van der Waals surface area (Å²) in [5.41, 5.74) is 1.89. The maximum absolute atomic E-state index is 12.9. The second-order valence-electron chi connectivity index (χ2n) is 6.61. The van der Waals surface area contributed by atoms with Crippen molar-refractivity contribution >= 4 is 5.91 Å². The quantitative estimate of drug-likeness (QED) is 0.803. The van der Waals surface area contributed by atoms with Crippen LogP contribution in [0.25, 0.3) is 0 Å². The molecule has 124 valence electrons. The van der Waals surface area contributed by atoms with Crippen molar-refractivity contribution in [2.75, 3.05) is 6.54 Å². The minimum Gasteiger partial charge on any atom is -0.380 e. The number of nitrogens with one attached hydrogen (secondary N) is 1. The number of aliphatic hydroxyl groups is 1. The van der Waals surface area contributed by atoms with Crippen LogP contribution in [0.1, 0.15) is 28.8 Å². The molecule has 1 aromatic heterocycles. The van der Waals surface area contributed by atoms with Crippen LogP contribution in [0.5, 0.6) is 0 Å². The number of nitrogens with zero attached hydrogens (tertiary/aromatic N) is 2. The number of rotatable bonds is 1. The van der Waals surface area contributed by atoms with E-state index in [-0.39, 0.29) is 18.0 Å². The van der Waals surface area contributed by atoms with Gasteiger partial charge in [-0.15, -0.1) is 0 Å². The summed E-state index contributed by atoms with van der Waals surface area (Å²) in [4.78, 5) is 33.2. The second kappa shape index (κ2) is 5.56. The van der Waals surface area contributed by atoms with Gasteiger partial charge in [0.1, 0.15) is 5.60 Å². The molecule has 0 radical (unpaired) electrons. The van der Waals surface area contributed by atoms with Crippen molar-refractivity contribution in [3.05, 3.63) is 63.3 Å². The lowest BCUT2D eigenvalue weighted by Gasteiger charge is -2.38. The van der Waals surface area contributed by atoms with Crippen LogP contribution < -0.4 is 5.56 Å². The number of aromatic amines is 1. The van der Waals surface area contributed by atoms with Gasteiger partial charge in [-0.05, 0) is 24.0 Å². The van der Waals surface area contributed by atoms with Crippen LogP contribution in [0.4, 0.5) is 0 Å². The number of hydrogen-bond donors (Lipinski definition) is 2. The van der Waals surface area contributed by atoms with Gasteiger partial charge in [0.2, 0.25) is 0 Å². The van der Waals surface area contributed by atoms with Crippen molar-refractivity contribution in [2.24, 2.45) is 0 Å². The molecule has 0 saturated heterocycles. The summed E-state index contributed by atoms with van der Waals surface area (Å²) in [5.74, 6) is -0.286. The van der Waals surface area contributed by atoms with Gasteiger partial charge in [-0.25, -0.2) is 4.98 Å². The summed E-state index contributed by atoms with van der Waals surface area (Å²) in [6.45, 7) is 0.688. The zero-order valence-electron chi connectivity index (χ0n) is 13.3. The monoisotopic (exact) mass is 325 g/mol. The molecule has 2 N–H and O–H groups in total. The van der Waals surface area contributed by atoms with E-state index in [1.54, 1.807) is 4.90 Å². The van der Waals surface area contributed by atoms with Gasteiger partial charge in [-0.3, -0.25) is 9.59 Å². The Morgan fingerprint density at radius 2 is 2.04 bits per heavy atom. The van der Waals surface area contributed by atoms with Gasteiger partial charge in [0, 0.05) is 19.4 Å². The first kappa shape index (κ1) is 15.1. The summed E-state index contributed by atoms with van der Waals surface area (Å²) in [6, 6.07) is 7.91. The van der Waals surface area contributed by atoms with Gasteiger partial charge in [0.15, 0.2) is 0 Å². The highest BCUT2D eigenvalue weighted by atomic mass is 16.3. The maximum atomic E-state index is 12.9. The highest BCUT2D eigenvalue weighted by Gasteiger charge is 2.42. The van der Waals surface area contributed by atoms with Gasteiger partial charge < -0.3 is 15.0 Å². The van der Waals surface area contributed by atoms with Gasteiger partial charge in [-0.2, -0.15) is 0 Å². The van der Waals surface area contributed by atoms with E-state index in [4.69, 9.17) is 0 Å².